The molecule has 0 aliphatic carbocycles. The van der Waals surface area contributed by atoms with Gasteiger partial charge in [-0.25, -0.2) is 8.42 Å². The molecule has 5 heteroatoms. The van der Waals surface area contributed by atoms with Crippen LogP contribution in [0.1, 0.15) is 31.7 Å². The molecule has 1 heterocycles. The van der Waals surface area contributed by atoms with Gasteiger partial charge in [0.25, 0.3) is 0 Å². The average Bonchev–Trinajstić information content (AvgIpc) is 2.46. The van der Waals surface area contributed by atoms with E-state index in [-0.39, 0.29) is 11.3 Å². The molecule has 1 aromatic carbocycles. The Morgan fingerprint density at radius 3 is 2.48 bits per heavy atom. The standard InChI is InChI=1S/C16H22O4S/c1-12-6-8-14(9-7-12)21(18,19)16(11-13(2)17)15-5-3-4-10-20-15/h5-9,13,16-17H,3-4,10-11H2,1-2H3. The maximum absolute atomic E-state index is 12.8. The van der Waals surface area contributed by atoms with Crippen molar-refractivity contribution in [3.63, 3.8) is 0 Å². The summed E-state index contributed by atoms with van der Waals surface area (Å²) < 4.78 is 31.2. The topological polar surface area (TPSA) is 63.6 Å². The number of aliphatic hydroxyl groups excluding tert-OH is 1. The van der Waals surface area contributed by atoms with Gasteiger partial charge in [-0.15, -0.1) is 0 Å². The fourth-order valence-corrected chi connectivity index (χ4v) is 4.24. The summed E-state index contributed by atoms with van der Waals surface area (Å²) in [6.45, 7) is 4.04. The number of allylic oxidation sites excluding steroid dienone is 1. The first-order valence-corrected chi connectivity index (χ1v) is 8.77. The van der Waals surface area contributed by atoms with Gasteiger partial charge in [0.05, 0.1) is 17.6 Å². The molecule has 2 atom stereocenters. The van der Waals surface area contributed by atoms with Crippen LogP contribution in [0, 0.1) is 6.92 Å². The highest BCUT2D eigenvalue weighted by molar-refractivity contribution is 7.92. The lowest BCUT2D eigenvalue weighted by molar-refractivity contribution is 0.153. The summed E-state index contributed by atoms with van der Waals surface area (Å²) in [7, 11) is -3.57. The van der Waals surface area contributed by atoms with Crippen LogP contribution in [0.3, 0.4) is 0 Å². The van der Waals surface area contributed by atoms with Crippen molar-refractivity contribution < 1.29 is 18.3 Å². The third-order valence-corrected chi connectivity index (χ3v) is 5.66. The van der Waals surface area contributed by atoms with Gasteiger partial charge >= 0.3 is 0 Å². The van der Waals surface area contributed by atoms with Crippen LogP contribution in [0.25, 0.3) is 0 Å². The minimum absolute atomic E-state index is 0.141. The van der Waals surface area contributed by atoms with Gasteiger partial charge in [-0.2, -0.15) is 0 Å². The van der Waals surface area contributed by atoms with Gasteiger partial charge < -0.3 is 9.84 Å². The molecule has 116 valence electrons. The van der Waals surface area contributed by atoms with Gasteiger partial charge in [0, 0.05) is 0 Å². The maximum Gasteiger partial charge on any atom is 0.188 e. The lowest BCUT2D eigenvalue weighted by atomic mass is 10.1. The van der Waals surface area contributed by atoms with Gasteiger partial charge in [-0.1, -0.05) is 17.7 Å². The van der Waals surface area contributed by atoms with E-state index >= 15 is 0 Å². The molecule has 0 saturated heterocycles. The minimum Gasteiger partial charge on any atom is -0.497 e. The Labute approximate surface area is 126 Å². The number of ether oxygens (including phenoxy) is 1. The molecule has 2 rings (SSSR count). The molecule has 0 amide bonds. The van der Waals surface area contributed by atoms with Crippen molar-refractivity contribution in [1.29, 1.82) is 0 Å². The van der Waals surface area contributed by atoms with Crippen LogP contribution in [0.4, 0.5) is 0 Å². The zero-order chi connectivity index (χ0) is 15.5. The number of rotatable bonds is 5. The van der Waals surface area contributed by atoms with E-state index in [1.54, 1.807) is 31.2 Å². The Balaban J connectivity index is 2.38. The molecule has 1 aliphatic heterocycles. The molecule has 21 heavy (non-hydrogen) atoms. The van der Waals surface area contributed by atoms with E-state index in [1.165, 1.54) is 0 Å². The Kier molecular flexibility index (Phi) is 5.06. The predicted octanol–water partition coefficient (Wildman–Crippen LogP) is 2.60. The molecule has 0 aromatic heterocycles. The number of hydrogen-bond acceptors (Lipinski definition) is 4. The maximum atomic E-state index is 12.8. The molecule has 0 saturated carbocycles. The van der Waals surface area contributed by atoms with Crippen LogP contribution in [0.5, 0.6) is 0 Å². The molecule has 0 bridgehead atoms. The van der Waals surface area contributed by atoms with Crippen molar-refractivity contribution >= 4 is 9.84 Å². The Bertz CT molecular complexity index is 600. The first kappa shape index (κ1) is 16.0. The Morgan fingerprint density at radius 2 is 1.95 bits per heavy atom. The molecule has 4 nitrogen and oxygen atoms in total. The third-order valence-electron chi connectivity index (χ3n) is 3.56. The average molecular weight is 310 g/mol. The summed E-state index contributed by atoms with van der Waals surface area (Å²) in [5, 5.41) is 8.84. The van der Waals surface area contributed by atoms with Crippen molar-refractivity contribution in [2.24, 2.45) is 0 Å². The van der Waals surface area contributed by atoms with Crippen LogP contribution >= 0.6 is 0 Å². The van der Waals surface area contributed by atoms with Crippen LogP contribution < -0.4 is 0 Å². The highest BCUT2D eigenvalue weighted by Crippen LogP contribution is 2.28. The first-order valence-electron chi connectivity index (χ1n) is 7.22. The van der Waals surface area contributed by atoms with Gasteiger partial charge in [0.15, 0.2) is 9.84 Å². The summed E-state index contributed by atoms with van der Waals surface area (Å²) in [5.74, 6) is 0.475. The van der Waals surface area contributed by atoms with Gasteiger partial charge in [0.2, 0.25) is 0 Å². The summed E-state index contributed by atoms with van der Waals surface area (Å²) in [5.41, 5.74) is 1.01. The normalized spacial score (nSPS) is 18.5. The van der Waals surface area contributed by atoms with Gasteiger partial charge in [-0.05, 0) is 51.3 Å². The largest absolute Gasteiger partial charge is 0.497 e. The highest BCUT2D eigenvalue weighted by Gasteiger charge is 2.33. The van der Waals surface area contributed by atoms with E-state index in [9.17, 15) is 13.5 Å². The van der Waals surface area contributed by atoms with Crippen LogP contribution in [0.2, 0.25) is 0 Å². The molecule has 1 aliphatic rings. The number of aliphatic hydroxyl groups is 1. The quantitative estimate of drug-likeness (QED) is 0.908. The fourth-order valence-electron chi connectivity index (χ4n) is 2.40. The first-order chi connectivity index (χ1) is 9.91. The number of benzene rings is 1. The van der Waals surface area contributed by atoms with Gasteiger partial charge in [-0.3, -0.25) is 0 Å². The zero-order valence-corrected chi connectivity index (χ0v) is 13.3. The van der Waals surface area contributed by atoms with Crippen molar-refractivity contribution in [3.8, 4) is 0 Å². The van der Waals surface area contributed by atoms with Crippen LogP contribution in [0.15, 0.2) is 41.0 Å². The third kappa shape index (κ3) is 3.86. The highest BCUT2D eigenvalue weighted by atomic mass is 32.2. The summed E-state index contributed by atoms with van der Waals surface area (Å²) in [4.78, 5) is 0.272. The van der Waals surface area contributed by atoms with Crippen LogP contribution in [-0.4, -0.2) is 31.5 Å². The smallest absolute Gasteiger partial charge is 0.188 e. The SMILES string of the molecule is Cc1ccc(S(=O)(=O)C(CC(C)O)C2=CCCCO2)cc1. The predicted molar refractivity (Wildman–Crippen MR) is 81.7 cm³/mol. The van der Waals surface area contributed by atoms with Crippen LogP contribution in [-0.2, 0) is 14.6 Å². The van der Waals surface area contributed by atoms with E-state index in [0.717, 1.165) is 18.4 Å². The van der Waals surface area contributed by atoms with E-state index in [4.69, 9.17) is 4.74 Å². The summed E-state index contributed by atoms with van der Waals surface area (Å²) >= 11 is 0. The zero-order valence-electron chi connectivity index (χ0n) is 12.5. The number of sulfone groups is 1. The van der Waals surface area contributed by atoms with Crippen molar-refractivity contribution in [2.75, 3.05) is 6.61 Å². The number of aryl methyl sites for hydroxylation is 1. The fraction of sp³-hybridized carbons (Fsp3) is 0.500. The van der Waals surface area contributed by atoms with Crippen molar-refractivity contribution in [3.05, 3.63) is 41.7 Å². The van der Waals surface area contributed by atoms with Crippen molar-refractivity contribution in [2.45, 2.75) is 49.4 Å². The molecule has 0 radical (unpaired) electrons. The molecule has 1 N–H and O–H groups in total. The molecule has 1 aromatic rings. The summed E-state index contributed by atoms with van der Waals surface area (Å²) in [6, 6.07) is 6.79. The van der Waals surface area contributed by atoms with E-state index in [2.05, 4.69) is 0 Å². The van der Waals surface area contributed by atoms with Crippen molar-refractivity contribution in [1.82, 2.24) is 0 Å². The number of hydrogen-bond donors (Lipinski definition) is 1. The van der Waals surface area contributed by atoms with E-state index < -0.39 is 21.2 Å². The second kappa shape index (κ2) is 6.62. The minimum atomic E-state index is -3.57. The second-order valence-electron chi connectivity index (χ2n) is 5.53. The Morgan fingerprint density at radius 1 is 1.29 bits per heavy atom. The van der Waals surface area contributed by atoms with E-state index in [0.29, 0.717) is 12.4 Å². The lowest BCUT2D eigenvalue weighted by Gasteiger charge is -2.25. The summed E-state index contributed by atoms with van der Waals surface area (Å²) in [6.07, 6.45) is 2.98. The second-order valence-corrected chi connectivity index (χ2v) is 7.66. The molecular weight excluding hydrogens is 288 g/mol. The lowest BCUT2D eigenvalue weighted by Crippen LogP contribution is -2.30. The van der Waals surface area contributed by atoms with E-state index in [1.807, 2.05) is 13.0 Å². The molecular formula is C16H22O4S. The monoisotopic (exact) mass is 310 g/mol. The Hall–Kier alpha value is -1.33. The molecule has 0 fully saturated rings. The molecule has 0 spiro atoms. The molecule has 2 unspecified atom stereocenters. The van der Waals surface area contributed by atoms with Gasteiger partial charge in [0.1, 0.15) is 11.0 Å².